The smallest absolute Gasteiger partial charge is 0.123 e. The predicted octanol–water partition coefficient (Wildman–Crippen LogP) is 3.00. The first kappa shape index (κ1) is 12.5. The Balaban J connectivity index is 2.09. The minimum absolute atomic E-state index is 0.204. The lowest BCUT2D eigenvalue weighted by atomic mass is 10.1. The lowest BCUT2D eigenvalue weighted by Gasteiger charge is -2.10. The zero-order valence-corrected chi connectivity index (χ0v) is 9.70. The first-order valence-electron chi connectivity index (χ1n) is 5.55. The number of hydrogen-bond acceptors (Lipinski definition) is 2. The van der Waals surface area contributed by atoms with E-state index in [9.17, 15) is 8.78 Å². The van der Waals surface area contributed by atoms with E-state index in [0.717, 1.165) is 5.56 Å². The van der Waals surface area contributed by atoms with Crippen LogP contribution in [0.4, 0.5) is 8.78 Å². The van der Waals surface area contributed by atoms with Gasteiger partial charge in [-0.25, -0.2) is 8.78 Å². The molecule has 0 aliphatic rings. The van der Waals surface area contributed by atoms with Gasteiger partial charge in [0.05, 0.1) is 0 Å². The minimum atomic E-state index is -0.329. The Morgan fingerprint density at radius 1 is 0.889 bits per heavy atom. The highest BCUT2D eigenvalue weighted by Crippen LogP contribution is 2.16. The number of rotatable bonds is 4. The summed E-state index contributed by atoms with van der Waals surface area (Å²) in [6, 6.07) is 10.1. The third-order valence-corrected chi connectivity index (χ3v) is 2.60. The van der Waals surface area contributed by atoms with E-state index in [4.69, 9.17) is 10.5 Å². The summed E-state index contributed by atoms with van der Waals surface area (Å²) in [6.07, 6.45) is 0. The molecule has 0 spiro atoms. The largest absolute Gasteiger partial charge is 0.489 e. The standard InChI is InChI=1S/C14H13F2NO/c15-12-3-5-14(6-4-12)18-9-11-7-13(16)2-1-10(11)8-17/h1-7H,8-9,17H2. The number of ether oxygens (including phenoxy) is 1. The molecule has 2 N–H and O–H groups in total. The molecule has 0 unspecified atom stereocenters. The molecule has 0 radical (unpaired) electrons. The Morgan fingerprint density at radius 2 is 1.56 bits per heavy atom. The fraction of sp³-hybridized carbons (Fsp3) is 0.143. The zero-order chi connectivity index (χ0) is 13.0. The molecule has 2 nitrogen and oxygen atoms in total. The Hall–Kier alpha value is -1.94. The Bertz CT molecular complexity index is 526. The van der Waals surface area contributed by atoms with Crippen molar-refractivity contribution in [2.24, 2.45) is 5.73 Å². The van der Waals surface area contributed by atoms with Gasteiger partial charge in [0.25, 0.3) is 0 Å². The van der Waals surface area contributed by atoms with E-state index < -0.39 is 0 Å². The van der Waals surface area contributed by atoms with Gasteiger partial charge in [-0.15, -0.1) is 0 Å². The average Bonchev–Trinajstić information content (AvgIpc) is 2.38. The third-order valence-electron chi connectivity index (χ3n) is 2.60. The summed E-state index contributed by atoms with van der Waals surface area (Å²) in [6.45, 7) is 0.526. The van der Waals surface area contributed by atoms with Crippen LogP contribution in [-0.4, -0.2) is 0 Å². The summed E-state index contributed by atoms with van der Waals surface area (Å²) in [5.41, 5.74) is 7.09. The maximum absolute atomic E-state index is 13.1. The van der Waals surface area contributed by atoms with E-state index in [0.29, 0.717) is 17.9 Å². The lowest BCUT2D eigenvalue weighted by molar-refractivity contribution is 0.304. The summed E-state index contributed by atoms with van der Waals surface area (Å²) in [5, 5.41) is 0. The van der Waals surface area contributed by atoms with Gasteiger partial charge in [-0.3, -0.25) is 0 Å². The molecular weight excluding hydrogens is 236 g/mol. The van der Waals surface area contributed by atoms with Crippen molar-refractivity contribution in [3.63, 3.8) is 0 Å². The SMILES string of the molecule is NCc1ccc(F)cc1COc1ccc(F)cc1. The monoisotopic (exact) mass is 249 g/mol. The van der Waals surface area contributed by atoms with E-state index in [1.54, 1.807) is 6.07 Å². The van der Waals surface area contributed by atoms with E-state index >= 15 is 0 Å². The fourth-order valence-electron chi connectivity index (χ4n) is 1.62. The molecule has 0 saturated carbocycles. The van der Waals surface area contributed by atoms with Gasteiger partial charge in [0, 0.05) is 6.54 Å². The molecule has 0 fully saturated rings. The second kappa shape index (κ2) is 5.60. The van der Waals surface area contributed by atoms with Crippen LogP contribution in [0.5, 0.6) is 5.75 Å². The predicted molar refractivity (Wildman–Crippen MR) is 65.0 cm³/mol. The molecule has 0 atom stereocenters. The van der Waals surface area contributed by atoms with Crippen molar-refractivity contribution in [3.8, 4) is 5.75 Å². The summed E-state index contributed by atoms with van der Waals surface area (Å²) < 4.78 is 31.3. The summed E-state index contributed by atoms with van der Waals surface area (Å²) in [5.74, 6) is -0.121. The van der Waals surface area contributed by atoms with Gasteiger partial charge in [0.2, 0.25) is 0 Å². The van der Waals surface area contributed by atoms with Crippen LogP contribution in [0.2, 0.25) is 0 Å². The van der Waals surface area contributed by atoms with Crippen molar-refractivity contribution in [2.75, 3.05) is 0 Å². The molecule has 0 aromatic heterocycles. The average molecular weight is 249 g/mol. The molecular formula is C14H13F2NO. The summed E-state index contributed by atoms with van der Waals surface area (Å²) >= 11 is 0. The van der Waals surface area contributed by atoms with Crippen molar-refractivity contribution in [2.45, 2.75) is 13.2 Å². The Labute approximate surface area is 104 Å². The minimum Gasteiger partial charge on any atom is -0.489 e. The van der Waals surface area contributed by atoms with Crippen molar-refractivity contribution in [1.29, 1.82) is 0 Å². The van der Waals surface area contributed by atoms with Gasteiger partial charge >= 0.3 is 0 Å². The lowest BCUT2D eigenvalue weighted by Crippen LogP contribution is -2.05. The van der Waals surface area contributed by atoms with Gasteiger partial charge in [-0.1, -0.05) is 6.07 Å². The third kappa shape index (κ3) is 3.05. The van der Waals surface area contributed by atoms with Crippen LogP contribution in [0.1, 0.15) is 11.1 Å². The van der Waals surface area contributed by atoms with E-state index in [1.807, 2.05) is 0 Å². The van der Waals surface area contributed by atoms with Crippen LogP contribution in [0, 0.1) is 11.6 Å². The fourth-order valence-corrected chi connectivity index (χ4v) is 1.62. The molecule has 94 valence electrons. The molecule has 4 heteroatoms. The van der Waals surface area contributed by atoms with Crippen LogP contribution < -0.4 is 10.5 Å². The van der Waals surface area contributed by atoms with Crippen molar-refractivity contribution in [1.82, 2.24) is 0 Å². The first-order valence-corrected chi connectivity index (χ1v) is 5.55. The van der Waals surface area contributed by atoms with Gasteiger partial charge in [-0.05, 0) is 47.5 Å². The Morgan fingerprint density at radius 3 is 2.22 bits per heavy atom. The number of halogens is 2. The molecule has 0 aliphatic heterocycles. The molecule has 0 amide bonds. The summed E-state index contributed by atoms with van der Waals surface area (Å²) in [4.78, 5) is 0. The van der Waals surface area contributed by atoms with Gasteiger partial charge in [0.1, 0.15) is 24.0 Å². The zero-order valence-electron chi connectivity index (χ0n) is 9.70. The van der Waals surface area contributed by atoms with Crippen LogP contribution in [0.3, 0.4) is 0 Å². The van der Waals surface area contributed by atoms with E-state index in [-0.39, 0.29) is 18.2 Å². The van der Waals surface area contributed by atoms with Gasteiger partial charge in [-0.2, -0.15) is 0 Å². The Kier molecular flexibility index (Phi) is 3.89. The van der Waals surface area contributed by atoms with Crippen LogP contribution >= 0.6 is 0 Å². The highest BCUT2D eigenvalue weighted by Gasteiger charge is 2.04. The second-order valence-electron chi connectivity index (χ2n) is 3.86. The van der Waals surface area contributed by atoms with Crippen LogP contribution in [0.15, 0.2) is 42.5 Å². The number of hydrogen-bond donors (Lipinski definition) is 1. The highest BCUT2D eigenvalue weighted by molar-refractivity contribution is 5.28. The highest BCUT2D eigenvalue weighted by atomic mass is 19.1. The number of nitrogens with two attached hydrogens (primary N) is 1. The molecule has 2 aromatic carbocycles. The molecule has 0 heterocycles. The topological polar surface area (TPSA) is 35.2 Å². The molecule has 0 aliphatic carbocycles. The molecule has 2 rings (SSSR count). The van der Waals surface area contributed by atoms with Crippen molar-refractivity contribution >= 4 is 0 Å². The summed E-state index contributed by atoms with van der Waals surface area (Å²) in [7, 11) is 0. The molecule has 2 aromatic rings. The van der Waals surface area contributed by atoms with Crippen molar-refractivity contribution < 1.29 is 13.5 Å². The van der Waals surface area contributed by atoms with Gasteiger partial charge in [0.15, 0.2) is 0 Å². The quantitative estimate of drug-likeness (QED) is 0.904. The maximum Gasteiger partial charge on any atom is 0.123 e. The van der Waals surface area contributed by atoms with Crippen LogP contribution in [0.25, 0.3) is 0 Å². The number of benzene rings is 2. The molecule has 0 saturated heterocycles. The van der Waals surface area contributed by atoms with E-state index in [2.05, 4.69) is 0 Å². The van der Waals surface area contributed by atoms with Crippen molar-refractivity contribution in [3.05, 3.63) is 65.2 Å². The molecule has 18 heavy (non-hydrogen) atoms. The normalized spacial score (nSPS) is 10.4. The second-order valence-corrected chi connectivity index (χ2v) is 3.86. The molecule has 0 bridgehead atoms. The van der Waals surface area contributed by atoms with E-state index in [1.165, 1.54) is 36.4 Å². The first-order chi connectivity index (χ1) is 8.69. The van der Waals surface area contributed by atoms with Crippen LogP contribution in [-0.2, 0) is 13.2 Å². The van der Waals surface area contributed by atoms with Gasteiger partial charge < -0.3 is 10.5 Å². The maximum atomic E-state index is 13.1.